The second-order valence-electron chi connectivity index (χ2n) is 5.99. The molecule has 0 spiro atoms. The number of imide groups is 1. The van der Waals surface area contributed by atoms with Crippen molar-refractivity contribution in [3.8, 4) is 0 Å². The molecule has 0 aromatic rings. The third-order valence-corrected chi connectivity index (χ3v) is 4.98. The minimum absolute atomic E-state index is 0.0666. The Morgan fingerprint density at radius 3 is 2.53 bits per heavy atom. The van der Waals surface area contributed by atoms with Gasteiger partial charge in [0, 0.05) is 13.1 Å². The van der Waals surface area contributed by atoms with Crippen molar-refractivity contribution in [3.63, 3.8) is 0 Å². The van der Waals surface area contributed by atoms with Gasteiger partial charge in [0.05, 0.1) is 12.3 Å². The highest BCUT2D eigenvalue weighted by atomic mass is 16.2. The molecule has 6 heteroatoms. The van der Waals surface area contributed by atoms with E-state index in [1.165, 1.54) is 7.05 Å². The van der Waals surface area contributed by atoms with E-state index < -0.39 is 6.04 Å². The molecule has 5 atom stereocenters. The van der Waals surface area contributed by atoms with Gasteiger partial charge in [0.2, 0.25) is 11.8 Å². The second kappa shape index (κ2) is 4.30. The fourth-order valence-corrected chi connectivity index (χ4v) is 3.86. The van der Waals surface area contributed by atoms with Crippen molar-refractivity contribution in [1.29, 1.82) is 0 Å². The minimum Gasteiger partial charge on any atom is -0.343 e. The third kappa shape index (κ3) is 1.85. The van der Waals surface area contributed by atoms with Crippen molar-refractivity contribution in [3.05, 3.63) is 0 Å². The number of fused-ring (bicyclic) bond motifs is 2. The molecule has 1 saturated heterocycles. The molecule has 2 bridgehead atoms. The van der Waals surface area contributed by atoms with Crippen molar-refractivity contribution in [1.82, 2.24) is 10.2 Å². The van der Waals surface area contributed by atoms with Gasteiger partial charge in [-0.2, -0.15) is 0 Å². The van der Waals surface area contributed by atoms with Crippen LogP contribution in [0.4, 0.5) is 0 Å². The highest BCUT2D eigenvalue weighted by Crippen LogP contribution is 2.47. The lowest BCUT2D eigenvalue weighted by atomic mass is 9.84. The Labute approximate surface area is 111 Å². The van der Waals surface area contributed by atoms with Crippen LogP contribution in [-0.2, 0) is 14.4 Å². The summed E-state index contributed by atoms with van der Waals surface area (Å²) in [7, 11) is 1.44. The Kier molecular flexibility index (Phi) is 2.85. The van der Waals surface area contributed by atoms with E-state index >= 15 is 0 Å². The number of nitrogens with zero attached hydrogens (tertiary/aromatic N) is 1. The first-order chi connectivity index (χ1) is 8.99. The Hall–Kier alpha value is -1.43. The lowest BCUT2D eigenvalue weighted by Crippen LogP contribution is -2.49. The molecule has 3 rings (SSSR count). The van der Waals surface area contributed by atoms with Gasteiger partial charge < -0.3 is 11.1 Å². The van der Waals surface area contributed by atoms with Gasteiger partial charge in [0.25, 0.3) is 5.91 Å². The van der Waals surface area contributed by atoms with Gasteiger partial charge in [-0.15, -0.1) is 0 Å². The first-order valence-electron chi connectivity index (χ1n) is 6.85. The van der Waals surface area contributed by atoms with E-state index in [2.05, 4.69) is 5.32 Å². The summed E-state index contributed by atoms with van der Waals surface area (Å²) in [5, 5.41) is 2.72. The van der Waals surface area contributed by atoms with Crippen molar-refractivity contribution in [2.24, 2.45) is 23.5 Å². The average Bonchev–Trinajstić information content (AvgIpc) is 3.01. The number of likely N-dealkylation sites (N-methyl/N-ethyl adjacent to an activating group) is 1. The number of rotatable bonds is 2. The maximum absolute atomic E-state index is 12.3. The van der Waals surface area contributed by atoms with Crippen LogP contribution in [0.25, 0.3) is 0 Å². The first kappa shape index (κ1) is 12.6. The average molecular weight is 265 g/mol. The number of hydrogen-bond acceptors (Lipinski definition) is 4. The number of nitrogens with one attached hydrogen (secondary N) is 1. The molecule has 3 amide bonds. The number of carbonyl (C=O) groups excluding carboxylic acids is 3. The summed E-state index contributed by atoms with van der Waals surface area (Å²) >= 11 is 0. The Morgan fingerprint density at radius 1 is 1.32 bits per heavy atom. The highest BCUT2D eigenvalue weighted by Gasteiger charge is 2.50. The molecule has 1 heterocycles. The molecule has 5 unspecified atom stereocenters. The van der Waals surface area contributed by atoms with E-state index in [4.69, 9.17) is 5.73 Å². The van der Waals surface area contributed by atoms with Crippen molar-refractivity contribution < 1.29 is 14.4 Å². The maximum atomic E-state index is 12.3. The van der Waals surface area contributed by atoms with Gasteiger partial charge in [-0.25, -0.2) is 0 Å². The molecule has 3 N–H and O–H groups in total. The Bertz CT molecular complexity index is 448. The number of carbonyl (C=O) groups is 3. The summed E-state index contributed by atoms with van der Waals surface area (Å²) in [6.07, 6.45) is 3.25. The molecule has 2 aliphatic carbocycles. The van der Waals surface area contributed by atoms with Crippen molar-refractivity contribution in [2.45, 2.75) is 37.8 Å². The van der Waals surface area contributed by atoms with E-state index in [0.717, 1.165) is 24.2 Å². The predicted octanol–water partition coefficient (Wildman–Crippen LogP) is -0.767. The van der Waals surface area contributed by atoms with Gasteiger partial charge in [0.15, 0.2) is 0 Å². The summed E-state index contributed by atoms with van der Waals surface area (Å²) in [5.74, 6) is -0.106. The number of nitrogens with two attached hydrogens (primary N) is 1. The second-order valence-corrected chi connectivity index (χ2v) is 5.99. The lowest BCUT2D eigenvalue weighted by Gasteiger charge is -2.27. The van der Waals surface area contributed by atoms with E-state index in [0.29, 0.717) is 11.8 Å². The van der Waals surface area contributed by atoms with E-state index in [1.807, 2.05) is 0 Å². The van der Waals surface area contributed by atoms with Crippen LogP contribution in [-0.4, -0.2) is 41.8 Å². The van der Waals surface area contributed by atoms with Crippen LogP contribution < -0.4 is 11.1 Å². The third-order valence-electron chi connectivity index (χ3n) is 4.98. The maximum Gasteiger partial charge on any atom is 0.252 e. The summed E-state index contributed by atoms with van der Waals surface area (Å²) in [6.45, 7) is 0. The van der Waals surface area contributed by atoms with Crippen molar-refractivity contribution >= 4 is 17.7 Å². The Balaban J connectivity index is 1.66. The minimum atomic E-state index is -0.698. The first-order valence-corrected chi connectivity index (χ1v) is 6.85. The lowest BCUT2D eigenvalue weighted by molar-refractivity contribution is -0.138. The number of likely N-dealkylation sites (tertiary alicyclic amines) is 1. The van der Waals surface area contributed by atoms with E-state index in [-0.39, 0.29) is 36.1 Å². The molecule has 104 valence electrons. The van der Waals surface area contributed by atoms with E-state index in [1.54, 1.807) is 0 Å². The predicted molar refractivity (Wildman–Crippen MR) is 66.6 cm³/mol. The van der Waals surface area contributed by atoms with Crippen LogP contribution in [0.2, 0.25) is 0 Å². The molecular formula is C13H19N3O3. The largest absolute Gasteiger partial charge is 0.343 e. The van der Waals surface area contributed by atoms with Crippen LogP contribution in [0.3, 0.4) is 0 Å². The van der Waals surface area contributed by atoms with Gasteiger partial charge in [-0.3, -0.25) is 19.3 Å². The van der Waals surface area contributed by atoms with Crippen molar-refractivity contribution in [2.75, 3.05) is 7.05 Å². The molecule has 6 nitrogen and oxygen atoms in total. The highest BCUT2D eigenvalue weighted by molar-refractivity contribution is 6.06. The zero-order chi connectivity index (χ0) is 13.7. The van der Waals surface area contributed by atoms with Gasteiger partial charge >= 0.3 is 0 Å². The molecule has 3 aliphatic rings. The molecule has 19 heavy (non-hydrogen) atoms. The fourth-order valence-electron chi connectivity index (χ4n) is 3.86. The molecular weight excluding hydrogens is 246 g/mol. The normalized spacial score (nSPS) is 41.2. The van der Waals surface area contributed by atoms with E-state index in [9.17, 15) is 14.4 Å². The molecule has 0 aromatic heterocycles. The van der Waals surface area contributed by atoms with Gasteiger partial charge in [-0.1, -0.05) is 0 Å². The quantitative estimate of drug-likeness (QED) is 0.641. The summed E-state index contributed by atoms with van der Waals surface area (Å²) in [6, 6.07) is -0.792. The zero-order valence-corrected chi connectivity index (χ0v) is 11.0. The van der Waals surface area contributed by atoms with Crippen LogP contribution in [0, 0.1) is 17.8 Å². The molecule has 2 saturated carbocycles. The monoisotopic (exact) mass is 265 g/mol. The molecule has 0 radical (unpaired) electrons. The van der Waals surface area contributed by atoms with Crippen LogP contribution >= 0.6 is 0 Å². The van der Waals surface area contributed by atoms with Gasteiger partial charge in [0.1, 0.15) is 6.04 Å². The molecule has 1 aliphatic heterocycles. The summed E-state index contributed by atoms with van der Waals surface area (Å²) < 4.78 is 0. The van der Waals surface area contributed by atoms with Crippen LogP contribution in [0.1, 0.15) is 25.7 Å². The molecule has 3 fully saturated rings. The SMILES string of the molecule is CN1C(=O)CC(NC(=O)C2C3CCC(C3)C2N)C1=O. The standard InChI is InChI=1S/C13H19N3O3/c1-16-9(17)5-8(13(16)19)15-12(18)10-6-2-3-7(4-6)11(10)14/h6-8,10-11H,2-5,14H2,1H3,(H,15,18). The van der Waals surface area contributed by atoms with Crippen LogP contribution in [0.5, 0.6) is 0 Å². The number of hydrogen-bond donors (Lipinski definition) is 2. The smallest absolute Gasteiger partial charge is 0.252 e. The molecule has 0 aromatic carbocycles. The van der Waals surface area contributed by atoms with Gasteiger partial charge in [-0.05, 0) is 31.1 Å². The zero-order valence-electron chi connectivity index (χ0n) is 11.0. The van der Waals surface area contributed by atoms with Crippen LogP contribution in [0.15, 0.2) is 0 Å². The topological polar surface area (TPSA) is 92.5 Å². The Morgan fingerprint density at radius 2 is 2.00 bits per heavy atom. The summed E-state index contributed by atoms with van der Waals surface area (Å²) in [4.78, 5) is 36.5. The summed E-state index contributed by atoms with van der Waals surface area (Å²) in [5.41, 5.74) is 6.11. The fraction of sp³-hybridized carbons (Fsp3) is 0.769. The number of amides is 3.